The first-order valence-electron chi connectivity index (χ1n) is 9.20. The van der Waals surface area contributed by atoms with E-state index >= 15 is 0 Å². The van der Waals surface area contributed by atoms with Gasteiger partial charge in [0.25, 0.3) is 34.6 Å². The van der Waals surface area contributed by atoms with Crippen LogP contribution in [0.3, 0.4) is 0 Å². The van der Waals surface area contributed by atoms with Gasteiger partial charge in [-0.15, -0.1) is 0 Å². The van der Waals surface area contributed by atoms with Gasteiger partial charge in [0, 0.05) is 35.4 Å². The first-order valence-corrected chi connectivity index (χ1v) is 9.96. The van der Waals surface area contributed by atoms with Crippen LogP contribution in [0.4, 0.5) is 22.7 Å². The van der Waals surface area contributed by atoms with Crippen molar-refractivity contribution in [2.45, 2.75) is 0 Å². The van der Waals surface area contributed by atoms with Crippen LogP contribution in [-0.2, 0) is 9.59 Å². The molecule has 0 saturated heterocycles. The van der Waals surface area contributed by atoms with Crippen LogP contribution in [0.5, 0.6) is 0 Å². The van der Waals surface area contributed by atoms with Gasteiger partial charge in [0.2, 0.25) is 0 Å². The lowest BCUT2D eigenvalue weighted by Gasteiger charge is -2.08. The Kier molecular flexibility index (Phi) is 5.62. The zero-order valence-electron chi connectivity index (χ0n) is 16.9. The second-order valence-electron chi connectivity index (χ2n) is 7.09. The Morgan fingerprint density at radius 3 is 1.03 bits per heavy atom. The molecule has 0 aromatic heterocycles. The van der Waals surface area contributed by atoms with Gasteiger partial charge in [0.05, 0.1) is 42.2 Å². The number of rotatable bonds is 6. The second kappa shape index (κ2) is 8.36. The topological polar surface area (TPSA) is 231 Å². The number of nitrogens with zero attached hydrogens (tertiary/aromatic N) is 4. The largest absolute Gasteiger partial charge is 0.321 e. The van der Waals surface area contributed by atoms with Crippen molar-refractivity contribution in [3.05, 3.63) is 97.0 Å². The molecule has 18 heteroatoms. The van der Waals surface area contributed by atoms with Crippen molar-refractivity contribution in [3.63, 3.8) is 0 Å². The number of halogens is 2. The lowest BCUT2D eigenvalue weighted by atomic mass is 10.0. The quantitative estimate of drug-likeness (QED) is 0.404. The predicted molar refractivity (Wildman–Crippen MR) is 120 cm³/mol. The van der Waals surface area contributed by atoms with Crippen LogP contribution in [-0.4, -0.2) is 31.5 Å². The van der Waals surface area contributed by atoms with Crippen molar-refractivity contribution in [1.29, 1.82) is 0 Å². The number of fused-ring (bicyclic) bond motifs is 1. The summed E-state index contributed by atoms with van der Waals surface area (Å²) in [5.41, 5.74) is -5.59. The van der Waals surface area contributed by atoms with Gasteiger partial charge in [0.15, 0.2) is 10.0 Å². The fourth-order valence-corrected chi connectivity index (χ4v) is 4.12. The fraction of sp³-hybridized carbons (Fsp3) is 0. The molecule has 0 radical (unpaired) electrons. The number of hydrogen-bond acceptors (Lipinski definition) is 10. The second-order valence-corrected chi connectivity index (χ2v) is 7.85. The fourth-order valence-electron chi connectivity index (χ4n) is 3.62. The third-order valence-electron chi connectivity index (χ3n) is 5.11. The highest BCUT2D eigenvalue weighted by molar-refractivity contribution is 6.36. The van der Waals surface area contributed by atoms with E-state index in [1.54, 1.807) is 0 Å². The highest BCUT2D eigenvalue weighted by atomic mass is 35.5. The van der Waals surface area contributed by atoms with Gasteiger partial charge in [-0.25, -0.2) is 0 Å². The molecule has 2 heterocycles. The monoisotopic (exact) mass is 536 g/mol. The zero-order valence-corrected chi connectivity index (χ0v) is 18.4. The molecular formula is C18H6Cl2N6O10. The summed E-state index contributed by atoms with van der Waals surface area (Å²) in [4.78, 5) is 67.0. The van der Waals surface area contributed by atoms with Gasteiger partial charge in [-0.05, 0) is 0 Å². The van der Waals surface area contributed by atoms with Gasteiger partial charge < -0.3 is 10.6 Å². The number of benzene rings is 2. The molecule has 4 rings (SSSR count). The molecule has 16 nitrogen and oxygen atoms in total. The molecule has 0 atom stereocenters. The predicted octanol–water partition coefficient (Wildman–Crippen LogP) is 3.01. The molecular weight excluding hydrogens is 531 g/mol. The average Bonchev–Trinajstić information content (AvgIpc) is 3.31. The maximum atomic E-state index is 12.8. The molecule has 0 fully saturated rings. The summed E-state index contributed by atoms with van der Waals surface area (Å²) < 4.78 is 0. The zero-order chi connectivity index (χ0) is 26.6. The highest BCUT2D eigenvalue weighted by Crippen LogP contribution is 2.43. The third kappa shape index (κ3) is 3.65. The van der Waals surface area contributed by atoms with Crippen molar-refractivity contribution < 1.29 is 29.3 Å². The van der Waals surface area contributed by atoms with E-state index in [0.717, 1.165) is 24.3 Å². The van der Waals surface area contributed by atoms with E-state index < -0.39 is 75.4 Å². The lowest BCUT2D eigenvalue weighted by Crippen LogP contribution is -2.21. The van der Waals surface area contributed by atoms with E-state index in [1.807, 2.05) is 0 Å². The highest BCUT2D eigenvalue weighted by Gasteiger charge is 2.43. The van der Waals surface area contributed by atoms with Crippen LogP contribution < -0.4 is 10.6 Å². The maximum Gasteiger partial charge on any atom is 0.295 e. The van der Waals surface area contributed by atoms with Gasteiger partial charge in [-0.1, -0.05) is 23.2 Å². The SMILES string of the molecule is O=C1NC(c2cc([N+](=O)[O-])c(Cl)c([N+](=O)[O-])c2)=C2C(=O)NC(c3cc([N+](=O)[O-])c(Cl)c([N+](=O)[O-])c3)=C12. The Bertz CT molecular complexity index is 1380. The van der Waals surface area contributed by atoms with Crippen molar-refractivity contribution >= 4 is 69.2 Å². The number of nitrogens with one attached hydrogen (secondary N) is 2. The van der Waals surface area contributed by atoms with Crippen LogP contribution >= 0.6 is 23.2 Å². The van der Waals surface area contributed by atoms with Crippen molar-refractivity contribution in [2.75, 3.05) is 0 Å². The van der Waals surface area contributed by atoms with Gasteiger partial charge >= 0.3 is 0 Å². The summed E-state index contributed by atoms with van der Waals surface area (Å²) in [6, 6.07) is 3.24. The number of carbonyl (C=O) groups is 2. The minimum absolute atomic E-state index is 0.305. The molecule has 0 bridgehead atoms. The van der Waals surface area contributed by atoms with Gasteiger partial charge in [-0.3, -0.25) is 50.0 Å². The first kappa shape index (κ1) is 24.2. The van der Waals surface area contributed by atoms with Gasteiger partial charge in [-0.2, -0.15) is 0 Å². The Morgan fingerprint density at radius 1 is 0.556 bits per heavy atom. The normalized spacial score (nSPS) is 14.5. The third-order valence-corrected chi connectivity index (χ3v) is 5.89. The average molecular weight is 537 g/mol. The lowest BCUT2D eigenvalue weighted by molar-refractivity contribution is -0.394. The summed E-state index contributed by atoms with van der Waals surface area (Å²) in [6.45, 7) is 0. The van der Waals surface area contributed by atoms with Crippen LogP contribution in [0.1, 0.15) is 11.1 Å². The molecule has 0 unspecified atom stereocenters. The molecule has 2 aromatic rings. The van der Waals surface area contributed by atoms with E-state index in [2.05, 4.69) is 10.6 Å². The number of hydrogen-bond donors (Lipinski definition) is 2. The summed E-state index contributed by atoms with van der Waals surface area (Å²) in [5, 5.41) is 48.4. The molecule has 0 spiro atoms. The molecule has 36 heavy (non-hydrogen) atoms. The number of nitro groups is 4. The minimum Gasteiger partial charge on any atom is -0.321 e. The van der Waals surface area contributed by atoms with E-state index in [1.165, 1.54) is 0 Å². The van der Waals surface area contributed by atoms with Gasteiger partial charge in [0.1, 0.15) is 0 Å². The van der Waals surface area contributed by atoms with Crippen LogP contribution in [0.15, 0.2) is 35.4 Å². The smallest absolute Gasteiger partial charge is 0.295 e. The van der Waals surface area contributed by atoms with Crippen molar-refractivity contribution in [2.24, 2.45) is 0 Å². The summed E-state index contributed by atoms with van der Waals surface area (Å²) in [5.74, 6) is -1.93. The van der Waals surface area contributed by atoms with E-state index in [-0.39, 0.29) is 22.5 Å². The van der Waals surface area contributed by atoms with Crippen molar-refractivity contribution in [3.8, 4) is 0 Å². The van der Waals surface area contributed by atoms with Crippen LogP contribution in [0.25, 0.3) is 11.4 Å². The summed E-state index contributed by atoms with van der Waals surface area (Å²) >= 11 is 11.5. The van der Waals surface area contributed by atoms with E-state index in [4.69, 9.17) is 23.2 Å². The summed E-state index contributed by atoms with van der Waals surface area (Å²) in [7, 11) is 0. The Balaban J connectivity index is 1.99. The van der Waals surface area contributed by atoms with E-state index in [9.17, 15) is 50.0 Å². The Morgan fingerprint density at radius 2 is 0.806 bits per heavy atom. The molecule has 0 aliphatic carbocycles. The van der Waals surface area contributed by atoms with Crippen molar-refractivity contribution in [1.82, 2.24) is 10.6 Å². The Labute approximate surface area is 206 Å². The molecule has 0 saturated carbocycles. The molecule has 2 amide bonds. The molecule has 2 aliphatic heterocycles. The minimum atomic E-state index is -0.996. The summed E-state index contributed by atoms with van der Waals surface area (Å²) in [6.07, 6.45) is 0. The molecule has 2 aromatic carbocycles. The van der Waals surface area contributed by atoms with Crippen LogP contribution in [0, 0.1) is 40.5 Å². The molecule has 182 valence electrons. The van der Waals surface area contributed by atoms with Crippen LogP contribution in [0.2, 0.25) is 10.0 Å². The number of nitro benzene ring substituents is 4. The number of amides is 2. The van der Waals surface area contributed by atoms with E-state index in [0.29, 0.717) is 0 Å². The molecule has 2 aliphatic rings. The standard InChI is InChI=1S/C18H6Cl2N6O10/c19-13-7(23(29)30)1-5(2-8(13)24(31)32)15-11-12(18(28)21-15)16(22-17(11)27)6-3-9(25(33)34)14(20)10(4-6)26(35)36/h1-4H,(H,21,28)(H,22,27). The Hall–Kier alpha value is -4.96. The number of carbonyl (C=O) groups excluding carboxylic acids is 2. The first-order chi connectivity index (χ1) is 16.8. The molecule has 2 N–H and O–H groups in total. The maximum absolute atomic E-state index is 12.8.